The SMILES string of the molecule is COC(CN)CC(=O)Nc1ccccn1.Cl.Cl. The fourth-order valence-corrected chi connectivity index (χ4v) is 1.10. The lowest BCUT2D eigenvalue weighted by atomic mass is 10.2. The van der Waals surface area contributed by atoms with E-state index < -0.39 is 0 Å². The molecule has 98 valence electrons. The van der Waals surface area contributed by atoms with Crippen molar-refractivity contribution in [2.75, 3.05) is 19.0 Å². The van der Waals surface area contributed by atoms with Crippen LogP contribution in [-0.2, 0) is 9.53 Å². The number of halogens is 2. The van der Waals surface area contributed by atoms with Crippen LogP contribution in [0, 0.1) is 0 Å². The fourth-order valence-electron chi connectivity index (χ4n) is 1.10. The van der Waals surface area contributed by atoms with E-state index in [1.807, 2.05) is 0 Å². The molecule has 1 aromatic heterocycles. The standard InChI is InChI=1S/C10H15N3O2.2ClH/c1-15-8(7-11)6-10(14)13-9-4-2-3-5-12-9;;/h2-5,8H,6-7,11H2,1H3,(H,12,13,14);2*1H. The molecule has 1 rings (SSSR count). The second kappa shape index (κ2) is 10.3. The molecule has 0 fully saturated rings. The Bertz CT molecular complexity index is 308. The van der Waals surface area contributed by atoms with Crippen molar-refractivity contribution < 1.29 is 9.53 Å². The van der Waals surface area contributed by atoms with Gasteiger partial charge in [0.15, 0.2) is 0 Å². The van der Waals surface area contributed by atoms with Crippen molar-refractivity contribution in [3.63, 3.8) is 0 Å². The smallest absolute Gasteiger partial charge is 0.228 e. The third-order valence-electron chi connectivity index (χ3n) is 1.94. The van der Waals surface area contributed by atoms with Crippen LogP contribution >= 0.6 is 24.8 Å². The number of aromatic nitrogens is 1. The summed E-state index contributed by atoms with van der Waals surface area (Å²) in [5, 5.41) is 2.66. The highest BCUT2D eigenvalue weighted by Gasteiger charge is 2.11. The summed E-state index contributed by atoms with van der Waals surface area (Å²) < 4.78 is 5.00. The highest BCUT2D eigenvalue weighted by Crippen LogP contribution is 2.02. The van der Waals surface area contributed by atoms with Gasteiger partial charge in [-0.25, -0.2) is 4.98 Å². The van der Waals surface area contributed by atoms with Crippen molar-refractivity contribution in [2.24, 2.45) is 5.73 Å². The van der Waals surface area contributed by atoms with Gasteiger partial charge in [0.05, 0.1) is 12.5 Å². The van der Waals surface area contributed by atoms with Crippen LogP contribution in [0.4, 0.5) is 5.82 Å². The number of hydrogen-bond acceptors (Lipinski definition) is 4. The van der Waals surface area contributed by atoms with Crippen LogP contribution in [-0.4, -0.2) is 30.6 Å². The number of nitrogens with two attached hydrogens (primary N) is 1. The molecule has 1 amide bonds. The first-order chi connectivity index (χ1) is 7.26. The molecule has 17 heavy (non-hydrogen) atoms. The topological polar surface area (TPSA) is 77.2 Å². The first-order valence-corrected chi connectivity index (χ1v) is 4.70. The average Bonchev–Trinajstić information content (AvgIpc) is 2.27. The number of amides is 1. The summed E-state index contributed by atoms with van der Waals surface area (Å²) in [6, 6.07) is 5.31. The van der Waals surface area contributed by atoms with Gasteiger partial charge in [0.2, 0.25) is 5.91 Å². The lowest BCUT2D eigenvalue weighted by Crippen LogP contribution is -2.28. The van der Waals surface area contributed by atoms with Gasteiger partial charge in [-0.1, -0.05) is 6.07 Å². The van der Waals surface area contributed by atoms with Gasteiger partial charge in [-0.2, -0.15) is 0 Å². The van der Waals surface area contributed by atoms with Gasteiger partial charge in [0.25, 0.3) is 0 Å². The molecule has 0 aliphatic heterocycles. The maximum atomic E-state index is 11.5. The number of rotatable bonds is 5. The van der Waals surface area contributed by atoms with Crippen molar-refractivity contribution in [3.05, 3.63) is 24.4 Å². The van der Waals surface area contributed by atoms with Crippen molar-refractivity contribution in [1.29, 1.82) is 0 Å². The summed E-state index contributed by atoms with van der Waals surface area (Å²) in [7, 11) is 1.53. The van der Waals surface area contributed by atoms with Crippen LogP contribution in [0.5, 0.6) is 0 Å². The van der Waals surface area contributed by atoms with Crippen LogP contribution in [0.2, 0.25) is 0 Å². The molecule has 5 nitrogen and oxygen atoms in total. The molecule has 1 atom stereocenters. The zero-order valence-electron chi connectivity index (χ0n) is 9.46. The van der Waals surface area contributed by atoms with E-state index >= 15 is 0 Å². The molecule has 0 saturated carbocycles. The summed E-state index contributed by atoms with van der Waals surface area (Å²) in [4.78, 5) is 15.4. The first kappa shape index (κ1) is 18.5. The zero-order chi connectivity index (χ0) is 11.1. The van der Waals surface area contributed by atoms with Crippen LogP contribution in [0.3, 0.4) is 0 Å². The molecule has 0 aromatic carbocycles. The second-order valence-corrected chi connectivity index (χ2v) is 3.06. The largest absolute Gasteiger partial charge is 0.380 e. The van der Waals surface area contributed by atoms with Crippen molar-refractivity contribution in [3.8, 4) is 0 Å². The van der Waals surface area contributed by atoms with Gasteiger partial charge in [0.1, 0.15) is 5.82 Å². The van der Waals surface area contributed by atoms with Gasteiger partial charge in [-0.05, 0) is 12.1 Å². The molecular weight excluding hydrogens is 265 g/mol. The summed E-state index contributed by atoms with van der Waals surface area (Å²) in [6.45, 7) is 0.326. The van der Waals surface area contributed by atoms with Crippen molar-refractivity contribution in [1.82, 2.24) is 4.98 Å². The molecular formula is C10H17Cl2N3O2. The summed E-state index contributed by atoms with van der Waals surface area (Å²) in [5.74, 6) is 0.389. The highest BCUT2D eigenvalue weighted by atomic mass is 35.5. The maximum absolute atomic E-state index is 11.5. The number of hydrogen-bond donors (Lipinski definition) is 2. The minimum atomic E-state index is -0.242. The summed E-state index contributed by atoms with van der Waals surface area (Å²) >= 11 is 0. The first-order valence-electron chi connectivity index (χ1n) is 4.70. The molecule has 1 heterocycles. The van der Waals surface area contributed by atoms with Crippen molar-refractivity contribution >= 4 is 36.5 Å². The van der Waals surface area contributed by atoms with E-state index in [-0.39, 0.29) is 43.2 Å². The van der Waals surface area contributed by atoms with Gasteiger partial charge in [-0.15, -0.1) is 24.8 Å². The van der Waals surface area contributed by atoms with Crippen molar-refractivity contribution in [2.45, 2.75) is 12.5 Å². The number of anilines is 1. The van der Waals surface area contributed by atoms with Crippen LogP contribution in [0.15, 0.2) is 24.4 Å². The zero-order valence-corrected chi connectivity index (χ0v) is 11.1. The molecule has 0 aliphatic carbocycles. The van der Waals surface area contributed by atoms with Gasteiger partial charge in [-0.3, -0.25) is 4.79 Å². The molecule has 0 spiro atoms. The van der Waals surface area contributed by atoms with Crippen LogP contribution in [0.1, 0.15) is 6.42 Å². The fraction of sp³-hybridized carbons (Fsp3) is 0.400. The maximum Gasteiger partial charge on any atom is 0.228 e. The Balaban J connectivity index is 0. The number of nitrogens with one attached hydrogen (secondary N) is 1. The third kappa shape index (κ3) is 7.12. The van der Waals surface area contributed by atoms with E-state index in [1.54, 1.807) is 24.4 Å². The van der Waals surface area contributed by atoms with Crippen LogP contribution < -0.4 is 11.1 Å². The lowest BCUT2D eigenvalue weighted by molar-refractivity contribution is -0.118. The Kier molecular flexibility index (Phi) is 11.2. The van der Waals surface area contributed by atoms with E-state index in [9.17, 15) is 4.79 Å². The number of methoxy groups -OCH3 is 1. The molecule has 0 radical (unpaired) electrons. The Morgan fingerprint density at radius 3 is 2.71 bits per heavy atom. The monoisotopic (exact) mass is 281 g/mol. The van der Waals surface area contributed by atoms with E-state index in [4.69, 9.17) is 10.5 Å². The average molecular weight is 282 g/mol. The van der Waals surface area contributed by atoms with E-state index in [0.29, 0.717) is 12.4 Å². The molecule has 0 bridgehead atoms. The second-order valence-electron chi connectivity index (χ2n) is 3.06. The molecule has 7 heteroatoms. The van der Waals surface area contributed by atoms with Gasteiger partial charge >= 0.3 is 0 Å². The minimum absolute atomic E-state index is 0. The third-order valence-corrected chi connectivity index (χ3v) is 1.94. The van der Waals surface area contributed by atoms with Gasteiger partial charge < -0.3 is 15.8 Å². The molecule has 1 aromatic rings. The molecule has 3 N–H and O–H groups in total. The molecule has 0 saturated heterocycles. The minimum Gasteiger partial charge on any atom is -0.380 e. The number of carbonyl (C=O) groups is 1. The lowest BCUT2D eigenvalue weighted by Gasteiger charge is -2.11. The number of nitrogens with zero attached hydrogens (tertiary/aromatic N) is 1. The van der Waals surface area contributed by atoms with Crippen LogP contribution in [0.25, 0.3) is 0 Å². The summed E-state index contributed by atoms with van der Waals surface area (Å²) in [6.07, 6.45) is 1.62. The number of pyridine rings is 1. The van der Waals surface area contributed by atoms with E-state index in [2.05, 4.69) is 10.3 Å². The Hall–Kier alpha value is -0.880. The Labute approximate surface area is 113 Å². The highest BCUT2D eigenvalue weighted by molar-refractivity contribution is 5.90. The molecule has 0 aliphatic rings. The predicted octanol–water partition coefficient (Wildman–Crippen LogP) is 1.23. The normalized spacial score (nSPS) is 10.7. The number of ether oxygens (including phenoxy) is 1. The van der Waals surface area contributed by atoms with Gasteiger partial charge in [0, 0.05) is 19.9 Å². The Morgan fingerprint density at radius 2 is 2.24 bits per heavy atom. The van der Waals surface area contributed by atoms with E-state index in [0.717, 1.165) is 0 Å². The predicted molar refractivity (Wildman–Crippen MR) is 71.8 cm³/mol. The summed E-state index contributed by atoms with van der Waals surface area (Å²) in [5.41, 5.74) is 5.40. The number of carbonyl (C=O) groups excluding carboxylic acids is 1. The molecule has 1 unspecified atom stereocenters. The Morgan fingerprint density at radius 1 is 1.53 bits per heavy atom. The van der Waals surface area contributed by atoms with E-state index in [1.165, 1.54) is 7.11 Å². The quantitative estimate of drug-likeness (QED) is 0.851.